The molecule has 1 heterocycles. The number of nitrogens with one attached hydrogen (secondary N) is 1. The molecule has 1 N–H and O–H groups in total. The summed E-state index contributed by atoms with van der Waals surface area (Å²) >= 11 is 0. The largest absolute Gasteiger partial charge is 0.348 e. The van der Waals surface area contributed by atoms with Crippen molar-refractivity contribution in [1.29, 1.82) is 0 Å². The van der Waals surface area contributed by atoms with E-state index in [2.05, 4.69) is 25.1 Å². The van der Waals surface area contributed by atoms with E-state index in [9.17, 15) is 0 Å². The van der Waals surface area contributed by atoms with Gasteiger partial charge in [0.15, 0.2) is 5.79 Å². The van der Waals surface area contributed by atoms with Crippen LogP contribution in [0.1, 0.15) is 39.5 Å². The van der Waals surface area contributed by atoms with E-state index < -0.39 is 0 Å². The third-order valence-electron chi connectivity index (χ3n) is 3.82. The van der Waals surface area contributed by atoms with Gasteiger partial charge in [-0.15, -0.1) is 6.42 Å². The molecular formula is C14H23NO2. The summed E-state index contributed by atoms with van der Waals surface area (Å²) in [4.78, 5) is 0. The first-order valence-corrected chi connectivity index (χ1v) is 6.65. The minimum Gasteiger partial charge on any atom is -0.348 e. The summed E-state index contributed by atoms with van der Waals surface area (Å²) < 4.78 is 11.4. The van der Waals surface area contributed by atoms with Gasteiger partial charge in [-0.3, -0.25) is 0 Å². The topological polar surface area (TPSA) is 30.5 Å². The van der Waals surface area contributed by atoms with Gasteiger partial charge in [0, 0.05) is 18.9 Å². The second kappa shape index (κ2) is 5.39. The Hall–Kier alpha value is -0.560. The Balaban J connectivity index is 1.81. The Morgan fingerprint density at radius 1 is 1.24 bits per heavy atom. The SMILES string of the molecule is C#CC(NC1CCC2(CC1)OCCO2)C(C)C. The lowest BCUT2D eigenvalue weighted by atomic mass is 9.89. The predicted molar refractivity (Wildman–Crippen MR) is 67.5 cm³/mol. The average Bonchev–Trinajstić information content (AvgIpc) is 2.77. The van der Waals surface area contributed by atoms with E-state index in [1.165, 1.54) is 0 Å². The molecule has 1 atom stereocenters. The van der Waals surface area contributed by atoms with Crippen LogP contribution in [0.3, 0.4) is 0 Å². The fraction of sp³-hybridized carbons (Fsp3) is 0.857. The summed E-state index contributed by atoms with van der Waals surface area (Å²) in [6, 6.07) is 0.691. The molecule has 1 aliphatic carbocycles. The molecule has 1 saturated carbocycles. The Labute approximate surface area is 104 Å². The van der Waals surface area contributed by atoms with Gasteiger partial charge in [0.2, 0.25) is 0 Å². The zero-order chi connectivity index (χ0) is 12.3. The van der Waals surface area contributed by atoms with Crippen molar-refractivity contribution in [2.45, 2.75) is 57.4 Å². The molecule has 0 aromatic carbocycles. The molecule has 0 aromatic heterocycles. The van der Waals surface area contributed by atoms with E-state index in [1.807, 2.05) is 0 Å². The molecular weight excluding hydrogens is 214 g/mol. The highest BCUT2D eigenvalue weighted by atomic mass is 16.7. The van der Waals surface area contributed by atoms with Crippen molar-refractivity contribution in [3.05, 3.63) is 0 Å². The highest BCUT2D eigenvalue weighted by Gasteiger charge is 2.40. The van der Waals surface area contributed by atoms with Crippen LogP contribution in [0.2, 0.25) is 0 Å². The summed E-state index contributed by atoms with van der Waals surface area (Å²) in [5, 5.41) is 3.56. The van der Waals surface area contributed by atoms with Crippen molar-refractivity contribution >= 4 is 0 Å². The summed E-state index contributed by atoms with van der Waals surface area (Å²) in [5.74, 6) is 3.06. The second-order valence-corrected chi connectivity index (χ2v) is 5.44. The van der Waals surface area contributed by atoms with Gasteiger partial charge in [-0.2, -0.15) is 0 Å². The maximum atomic E-state index is 5.72. The normalized spacial score (nSPS) is 26.2. The van der Waals surface area contributed by atoms with E-state index in [4.69, 9.17) is 15.9 Å². The standard InChI is InChI=1S/C14H23NO2/c1-4-13(11(2)3)15-12-5-7-14(8-6-12)16-9-10-17-14/h1,11-13,15H,5-10H2,2-3H3. The molecule has 0 bridgehead atoms. The lowest BCUT2D eigenvalue weighted by molar-refractivity contribution is -0.179. The fourth-order valence-corrected chi connectivity index (χ4v) is 2.70. The van der Waals surface area contributed by atoms with Crippen molar-refractivity contribution in [3.63, 3.8) is 0 Å². The Morgan fingerprint density at radius 2 is 1.82 bits per heavy atom. The van der Waals surface area contributed by atoms with E-state index in [-0.39, 0.29) is 11.8 Å². The molecule has 17 heavy (non-hydrogen) atoms. The highest BCUT2D eigenvalue weighted by Crippen LogP contribution is 2.35. The van der Waals surface area contributed by atoms with Gasteiger partial charge in [-0.25, -0.2) is 0 Å². The van der Waals surface area contributed by atoms with Crippen LogP contribution in [0.25, 0.3) is 0 Å². The minimum atomic E-state index is -0.262. The van der Waals surface area contributed by atoms with Crippen LogP contribution in [-0.4, -0.2) is 31.1 Å². The molecule has 0 amide bonds. The molecule has 3 heteroatoms. The molecule has 96 valence electrons. The Morgan fingerprint density at radius 3 is 2.29 bits per heavy atom. The molecule has 1 aliphatic heterocycles. The van der Waals surface area contributed by atoms with Gasteiger partial charge in [0.25, 0.3) is 0 Å². The van der Waals surface area contributed by atoms with Crippen LogP contribution in [0.5, 0.6) is 0 Å². The molecule has 2 rings (SSSR count). The first-order valence-electron chi connectivity index (χ1n) is 6.65. The van der Waals surface area contributed by atoms with E-state index in [0.717, 1.165) is 38.9 Å². The molecule has 2 fully saturated rings. The van der Waals surface area contributed by atoms with Crippen molar-refractivity contribution in [1.82, 2.24) is 5.32 Å². The fourth-order valence-electron chi connectivity index (χ4n) is 2.70. The van der Waals surface area contributed by atoms with Gasteiger partial charge in [-0.05, 0) is 18.8 Å². The summed E-state index contributed by atoms with van der Waals surface area (Å²) in [5.41, 5.74) is 0. The quantitative estimate of drug-likeness (QED) is 0.761. The maximum absolute atomic E-state index is 5.72. The molecule has 1 unspecified atom stereocenters. The first-order chi connectivity index (χ1) is 8.15. The van der Waals surface area contributed by atoms with Crippen LogP contribution >= 0.6 is 0 Å². The second-order valence-electron chi connectivity index (χ2n) is 5.44. The summed E-state index contributed by atoms with van der Waals surface area (Å²) in [6.45, 7) is 5.81. The third kappa shape index (κ3) is 3.01. The summed E-state index contributed by atoms with van der Waals surface area (Å²) in [7, 11) is 0. The zero-order valence-corrected chi connectivity index (χ0v) is 10.9. The molecule has 0 aromatic rings. The Bertz CT molecular complexity index is 279. The third-order valence-corrected chi connectivity index (χ3v) is 3.82. The van der Waals surface area contributed by atoms with Crippen LogP contribution in [-0.2, 0) is 9.47 Å². The van der Waals surface area contributed by atoms with E-state index >= 15 is 0 Å². The summed E-state index contributed by atoms with van der Waals surface area (Å²) in [6.07, 6.45) is 9.69. The number of ether oxygens (including phenoxy) is 2. The number of terminal acetylenes is 1. The molecule has 2 aliphatic rings. The minimum absolute atomic E-state index is 0.180. The smallest absolute Gasteiger partial charge is 0.168 e. The zero-order valence-electron chi connectivity index (χ0n) is 10.9. The van der Waals surface area contributed by atoms with Crippen LogP contribution in [0.15, 0.2) is 0 Å². The van der Waals surface area contributed by atoms with Gasteiger partial charge in [-0.1, -0.05) is 19.8 Å². The van der Waals surface area contributed by atoms with Crippen molar-refractivity contribution < 1.29 is 9.47 Å². The molecule has 0 radical (unpaired) electrons. The molecule has 1 spiro atoms. The average molecular weight is 237 g/mol. The predicted octanol–water partition coefficient (Wildman–Crippen LogP) is 1.92. The van der Waals surface area contributed by atoms with Crippen LogP contribution in [0, 0.1) is 18.3 Å². The van der Waals surface area contributed by atoms with Crippen molar-refractivity contribution in [2.24, 2.45) is 5.92 Å². The van der Waals surface area contributed by atoms with Crippen molar-refractivity contribution in [2.75, 3.05) is 13.2 Å². The van der Waals surface area contributed by atoms with Gasteiger partial charge < -0.3 is 14.8 Å². The maximum Gasteiger partial charge on any atom is 0.168 e. The number of rotatable bonds is 3. The Kier molecular flexibility index (Phi) is 4.09. The molecule has 1 saturated heterocycles. The van der Waals surface area contributed by atoms with Gasteiger partial charge in [0.05, 0.1) is 19.3 Å². The van der Waals surface area contributed by atoms with Crippen LogP contribution < -0.4 is 5.32 Å². The monoisotopic (exact) mass is 237 g/mol. The number of hydrogen-bond donors (Lipinski definition) is 1. The van der Waals surface area contributed by atoms with E-state index in [1.54, 1.807) is 0 Å². The van der Waals surface area contributed by atoms with Gasteiger partial charge in [0.1, 0.15) is 0 Å². The lowest BCUT2D eigenvalue weighted by Gasteiger charge is -2.37. The van der Waals surface area contributed by atoms with Gasteiger partial charge >= 0.3 is 0 Å². The number of hydrogen-bond acceptors (Lipinski definition) is 3. The van der Waals surface area contributed by atoms with E-state index in [0.29, 0.717) is 12.0 Å². The van der Waals surface area contributed by atoms with Crippen molar-refractivity contribution in [3.8, 4) is 12.3 Å². The first kappa shape index (κ1) is 12.9. The molecule has 3 nitrogen and oxygen atoms in total. The van der Waals surface area contributed by atoms with Crippen LogP contribution in [0.4, 0.5) is 0 Å². The highest BCUT2D eigenvalue weighted by molar-refractivity contribution is 5.02. The lowest BCUT2D eigenvalue weighted by Crippen LogP contribution is -2.46.